The molecule has 2 N–H and O–H groups in total. The summed E-state index contributed by atoms with van der Waals surface area (Å²) in [5, 5.41) is 9.09. The Morgan fingerprint density at radius 3 is 2.86 bits per heavy atom. The Labute approximate surface area is 129 Å². The molecule has 0 fully saturated rings. The lowest BCUT2D eigenvalue weighted by Crippen LogP contribution is -2.33. The Bertz CT molecular complexity index is 933. The number of nitrogens with zero attached hydrogens (tertiary/aromatic N) is 3. The second kappa shape index (κ2) is 6.65. The highest BCUT2D eigenvalue weighted by Gasteiger charge is 2.12. The van der Waals surface area contributed by atoms with Gasteiger partial charge in [0.1, 0.15) is 10.7 Å². The number of primary amides is 1. The van der Waals surface area contributed by atoms with E-state index in [2.05, 4.69) is 11.6 Å². The average Bonchev–Trinajstić information content (AvgIpc) is 2.79. The van der Waals surface area contributed by atoms with Gasteiger partial charge in [0.05, 0.1) is 10.2 Å². The number of pyridine rings is 1. The Balaban J connectivity index is 2.85. The largest absolute Gasteiger partial charge is 0.365 e. The number of thiazole rings is 1. The van der Waals surface area contributed by atoms with E-state index in [0.717, 1.165) is 11.3 Å². The van der Waals surface area contributed by atoms with Crippen molar-refractivity contribution in [2.45, 2.75) is 6.54 Å². The van der Waals surface area contributed by atoms with Gasteiger partial charge in [-0.1, -0.05) is 12.1 Å². The molecule has 110 valence electrons. The zero-order valence-electron chi connectivity index (χ0n) is 11.5. The molecule has 0 aliphatic rings. The van der Waals surface area contributed by atoms with Gasteiger partial charge in [0, 0.05) is 12.7 Å². The fraction of sp³-hybridized carbons (Fsp3) is 0.0667. The predicted octanol–water partition coefficient (Wildman–Crippen LogP) is -0.521. The van der Waals surface area contributed by atoms with Crippen molar-refractivity contribution < 1.29 is 4.79 Å². The van der Waals surface area contributed by atoms with Crippen molar-refractivity contribution in [1.82, 2.24) is 9.55 Å². The number of carbonyl (C=O) groups is 1. The Hall–Kier alpha value is -2.98. The van der Waals surface area contributed by atoms with Gasteiger partial charge < -0.3 is 5.73 Å². The summed E-state index contributed by atoms with van der Waals surface area (Å²) in [6, 6.07) is 7.06. The van der Waals surface area contributed by atoms with Crippen LogP contribution in [0.2, 0.25) is 0 Å². The van der Waals surface area contributed by atoms with E-state index in [-0.39, 0.29) is 22.3 Å². The maximum Gasteiger partial charge on any atom is 0.269 e. The van der Waals surface area contributed by atoms with Crippen LogP contribution in [0.25, 0.3) is 11.6 Å². The normalized spacial score (nSPS) is 12.6. The monoisotopic (exact) mass is 312 g/mol. The van der Waals surface area contributed by atoms with E-state index in [0.29, 0.717) is 10.2 Å². The van der Waals surface area contributed by atoms with Gasteiger partial charge in [-0.25, -0.2) is 0 Å². The van der Waals surface area contributed by atoms with Gasteiger partial charge in [0.25, 0.3) is 11.5 Å². The number of hydrogen-bond acceptors (Lipinski definition) is 5. The molecule has 0 saturated carbocycles. The number of nitriles is 1. The van der Waals surface area contributed by atoms with Crippen molar-refractivity contribution in [2.24, 2.45) is 5.73 Å². The smallest absolute Gasteiger partial charge is 0.269 e. The van der Waals surface area contributed by atoms with Gasteiger partial charge in [-0.2, -0.15) is 5.26 Å². The molecule has 0 spiro atoms. The first kappa shape index (κ1) is 15.4. The quantitative estimate of drug-likeness (QED) is 0.767. The van der Waals surface area contributed by atoms with E-state index in [9.17, 15) is 9.59 Å². The number of hydrogen-bond donors (Lipinski definition) is 1. The lowest BCUT2D eigenvalue weighted by molar-refractivity contribution is -0.112. The summed E-state index contributed by atoms with van der Waals surface area (Å²) in [6.07, 6.45) is 4.73. The lowest BCUT2D eigenvalue weighted by atomic mass is 10.3. The molecule has 0 aliphatic heterocycles. The van der Waals surface area contributed by atoms with E-state index in [1.54, 1.807) is 36.5 Å². The summed E-state index contributed by atoms with van der Waals surface area (Å²) in [5.74, 6) is -0.869. The van der Waals surface area contributed by atoms with E-state index in [1.165, 1.54) is 10.6 Å². The van der Waals surface area contributed by atoms with Crippen molar-refractivity contribution in [3.63, 3.8) is 0 Å². The number of allylic oxidation sites excluding steroid dienone is 1. The summed E-state index contributed by atoms with van der Waals surface area (Å²) in [7, 11) is 0. The molecule has 1 amide bonds. The minimum Gasteiger partial charge on any atom is -0.365 e. The van der Waals surface area contributed by atoms with E-state index in [1.807, 2.05) is 0 Å². The molecule has 2 aromatic rings. The second-order valence-corrected chi connectivity index (χ2v) is 5.26. The molecule has 2 aromatic heterocycles. The molecule has 0 atom stereocenters. The Kier molecular flexibility index (Phi) is 4.66. The number of amides is 1. The first-order chi connectivity index (χ1) is 10.6. The number of nitrogens with two attached hydrogens (primary N) is 1. The summed E-state index contributed by atoms with van der Waals surface area (Å²) in [6.45, 7) is 3.76. The van der Waals surface area contributed by atoms with E-state index >= 15 is 0 Å². The maximum absolute atomic E-state index is 12.4. The van der Waals surface area contributed by atoms with Crippen molar-refractivity contribution in [3.05, 3.63) is 62.3 Å². The molecule has 0 aliphatic carbocycles. The van der Waals surface area contributed by atoms with Gasteiger partial charge >= 0.3 is 0 Å². The van der Waals surface area contributed by atoms with Crippen LogP contribution in [0.4, 0.5) is 0 Å². The molecule has 2 heterocycles. The van der Waals surface area contributed by atoms with Crippen molar-refractivity contribution in [2.75, 3.05) is 0 Å². The van der Waals surface area contributed by atoms with Crippen LogP contribution in [-0.4, -0.2) is 15.5 Å². The lowest BCUT2D eigenvalue weighted by Gasteiger charge is -1.96. The molecule has 7 heteroatoms. The van der Waals surface area contributed by atoms with Gasteiger partial charge in [0.2, 0.25) is 0 Å². The van der Waals surface area contributed by atoms with Crippen LogP contribution in [0.1, 0.15) is 5.69 Å². The summed E-state index contributed by atoms with van der Waals surface area (Å²) in [5.41, 5.74) is 5.24. The topological polar surface area (TPSA) is 102 Å². The Morgan fingerprint density at radius 2 is 2.32 bits per heavy atom. The highest BCUT2D eigenvalue weighted by atomic mass is 32.1. The van der Waals surface area contributed by atoms with Crippen LogP contribution < -0.4 is 20.5 Å². The minimum atomic E-state index is -0.869. The van der Waals surface area contributed by atoms with Crippen molar-refractivity contribution in [1.29, 1.82) is 5.26 Å². The van der Waals surface area contributed by atoms with Crippen LogP contribution in [0.5, 0.6) is 0 Å². The van der Waals surface area contributed by atoms with Crippen LogP contribution in [0.15, 0.2) is 41.8 Å². The molecule has 0 unspecified atom stereocenters. The molecule has 0 saturated heterocycles. The standard InChI is InChI=1S/C15H12N4O2S/c1-2-7-19-14(21)12(8-10-5-3-4-6-18-10)22-15(19)11(9-16)13(17)20/h2-6,8H,1,7H2,(H2,17,20)/b12-8-,15-11+. The predicted molar refractivity (Wildman–Crippen MR) is 84.0 cm³/mol. The third-order valence-corrected chi connectivity index (χ3v) is 3.89. The fourth-order valence-electron chi connectivity index (χ4n) is 1.80. The molecular weight excluding hydrogens is 300 g/mol. The highest BCUT2D eigenvalue weighted by molar-refractivity contribution is 7.07. The van der Waals surface area contributed by atoms with Crippen LogP contribution in [0, 0.1) is 11.3 Å². The number of aromatic nitrogens is 2. The van der Waals surface area contributed by atoms with Crippen molar-refractivity contribution in [3.8, 4) is 6.07 Å². The van der Waals surface area contributed by atoms with Crippen LogP contribution >= 0.6 is 11.3 Å². The SMILES string of the molecule is C=CCn1c(=O)/c(=C/c2ccccn2)s/c1=C(\C#N)C(N)=O. The fourth-order valence-corrected chi connectivity index (χ4v) is 2.91. The maximum atomic E-state index is 12.4. The minimum absolute atomic E-state index is 0.180. The van der Waals surface area contributed by atoms with Crippen molar-refractivity contribution >= 4 is 28.9 Å². The van der Waals surface area contributed by atoms with E-state index in [4.69, 9.17) is 11.0 Å². The molecular formula is C15H12N4O2S. The first-order valence-electron chi connectivity index (χ1n) is 6.26. The van der Waals surface area contributed by atoms with Gasteiger partial charge in [0.15, 0.2) is 5.57 Å². The summed E-state index contributed by atoms with van der Waals surface area (Å²) in [4.78, 5) is 27.9. The highest BCUT2D eigenvalue weighted by Crippen LogP contribution is 1.95. The van der Waals surface area contributed by atoms with Gasteiger partial charge in [-0.3, -0.25) is 19.1 Å². The third-order valence-electron chi connectivity index (χ3n) is 2.76. The van der Waals surface area contributed by atoms with Crippen LogP contribution in [0.3, 0.4) is 0 Å². The summed E-state index contributed by atoms with van der Waals surface area (Å²) < 4.78 is 1.89. The molecule has 0 radical (unpaired) electrons. The average molecular weight is 312 g/mol. The van der Waals surface area contributed by atoms with Gasteiger partial charge in [-0.05, 0) is 18.2 Å². The molecule has 2 rings (SSSR count). The number of rotatable bonds is 4. The Morgan fingerprint density at radius 1 is 1.55 bits per heavy atom. The molecule has 22 heavy (non-hydrogen) atoms. The van der Waals surface area contributed by atoms with Gasteiger partial charge in [-0.15, -0.1) is 17.9 Å². The molecule has 6 nitrogen and oxygen atoms in total. The molecule has 0 bridgehead atoms. The summed E-state index contributed by atoms with van der Waals surface area (Å²) >= 11 is 1.03. The van der Waals surface area contributed by atoms with E-state index < -0.39 is 5.91 Å². The molecule has 0 aromatic carbocycles. The second-order valence-electron chi connectivity index (χ2n) is 4.23. The zero-order chi connectivity index (χ0) is 16.1. The number of carbonyl (C=O) groups excluding carboxylic acids is 1. The zero-order valence-corrected chi connectivity index (χ0v) is 12.3. The van der Waals surface area contributed by atoms with Crippen LogP contribution in [-0.2, 0) is 11.3 Å². The first-order valence-corrected chi connectivity index (χ1v) is 7.07. The third kappa shape index (κ3) is 3.02.